The van der Waals surface area contributed by atoms with E-state index in [9.17, 15) is 5.11 Å². The standard InChI is InChI=1S/C17H16ClN3O2/c18-14-8-6-13(7-9-14)17-20-19-16(23-17)12-21(10-11-22)15-4-2-1-3-5-15/h1-9,22H,10-12H2. The number of anilines is 1. The first-order chi connectivity index (χ1) is 11.3. The van der Waals surface area contributed by atoms with Crippen molar-refractivity contribution >= 4 is 17.3 Å². The quantitative estimate of drug-likeness (QED) is 0.751. The van der Waals surface area contributed by atoms with Crippen LogP contribution >= 0.6 is 11.6 Å². The van der Waals surface area contributed by atoms with Gasteiger partial charge < -0.3 is 14.4 Å². The van der Waals surface area contributed by atoms with Crippen LogP contribution in [0.2, 0.25) is 5.02 Å². The van der Waals surface area contributed by atoms with Crippen molar-refractivity contribution in [3.05, 3.63) is 65.5 Å². The maximum atomic E-state index is 9.26. The van der Waals surface area contributed by atoms with Crippen molar-refractivity contribution < 1.29 is 9.52 Å². The molecule has 0 saturated heterocycles. The van der Waals surface area contributed by atoms with Crippen molar-refractivity contribution in [2.75, 3.05) is 18.1 Å². The van der Waals surface area contributed by atoms with Gasteiger partial charge in [0.25, 0.3) is 0 Å². The lowest BCUT2D eigenvalue weighted by Crippen LogP contribution is -2.26. The van der Waals surface area contributed by atoms with Crippen molar-refractivity contribution in [2.24, 2.45) is 0 Å². The van der Waals surface area contributed by atoms with Gasteiger partial charge in [0.05, 0.1) is 13.2 Å². The monoisotopic (exact) mass is 329 g/mol. The predicted octanol–water partition coefficient (Wildman–Crippen LogP) is 3.39. The van der Waals surface area contributed by atoms with Crippen LogP contribution in [0.4, 0.5) is 5.69 Å². The Balaban J connectivity index is 1.78. The predicted molar refractivity (Wildman–Crippen MR) is 89.3 cm³/mol. The summed E-state index contributed by atoms with van der Waals surface area (Å²) in [6.07, 6.45) is 0. The van der Waals surface area contributed by atoms with E-state index in [0.29, 0.717) is 29.9 Å². The second kappa shape index (κ2) is 7.26. The summed E-state index contributed by atoms with van der Waals surface area (Å²) in [6.45, 7) is 0.973. The molecule has 1 heterocycles. The van der Waals surface area contributed by atoms with Gasteiger partial charge in [-0.3, -0.25) is 0 Å². The third-order valence-electron chi connectivity index (χ3n) is 3.38. The summed E-state index contributed by atoms with van der Waals surface area (Å²) in [5.41, 5.74) is 1.81. The van der Waals surface area contributed by atoms with E-state index in [0.717, 1.165) is 11.3 Å². The molecule has 0 radical (unpaired) electrons. The molecule has 0 saturated carbocycles. The summed E-state index contributed by atoms with van der Waals surface area (Å²) in [4.78, 5) is 1.99. The van der Waals surface area contributed by atoms with Gasteiger partial charge in [0.2, 0.25) is 11.8 Å². The lowest BCUT2D eigenvalue weighted by atomic mass is 10.2. The SMILES string of the molecule is OCCN(Cc1nnc(-c2ccc(Cl)cc2)o1)c1ccccc1. The summed E-state index contributed by atoms with van der Waals surface area (Å²) in [5, 5.41) is 18.1. The first-order valence-electron chi connectivity index (χ1n) is 7.25. The number of benzene rings is 2. The van der Waals surface area contributed by atoms with Gasteiger partial charge in [-0.05, 0) is 36.4 Å². The summed E-state index contributed by atoms with van der Waals surface area (Å²) in [6, 6.07) is 17.0. The molecular weight excluding hydrogens is 314 g/mol. The number of rotatable bonds is 6. The Morgan fingerprint density at radius 3 is 2.43 bits per heavy atom. The molecule has 1 N–H and O–H groups in total. The lowest BCUT2D eigenvalue weighted by molar-refractivity contribution is 0.300. The normalized spacial score (nSPS) is 10.7. The number of hydrogen-bond acceptors (Lipinski definition) is 5. The van der Waals surface area contributed by atoms with Gasteiger partial charge in [0, 0.05) is 22.8 Å². The number of nitrogens with zero attached hydrogens (tertiary/aromatic N) is 3. The van der Waals surface area contributed by atoms with Gasteiger partial charge in [-0.25, -0.2) is 0 Å². The molecule has 0 fully saturated rings. The number of para-hydroxylation sites is 1. The maximum Gasteiger partial charge on any atom is 0.247 e. The fraction of sp³-hybridized carbons (Fsp3) is 0.176. The number of aliphatic hydroxyl groups excluding tert-OH is 1. The molecule has 5 nitrogen and oxygen atoms in total. The fourth-order valence-electron chi connectivity index (χ4n) is 2.25. The molecule has 0 aliphatic rings. The van der Waals surface area contributed by atoms with E-state index in [2.05, 4.69) is 10.2 Å². The van der Waals surface area contributed by atoms with Crippen LogP contribution in [0.15, 0.2) is 59.0 Å². The Morgan fingerprint density at radius 1 is 1.00 bits per heavy atom. The van der Waals surface area contributed by atoms with Crippen molar-refractivity contribution in [3.63, 3.8) is 0 Å². The van der Waals surface area contributed by atoms with Crippen LogP contribution in [-0.4, -0.2) is 28.5 Å². The van der Waals surface area contributed by atoms with Crippen molar-refractivity contribution in [1.82, 2.24) is 10.2 Å². The molecule has 0 bridgehead atoms. The van der Waals surface area contributed by atoms with Crippen LogP contribution in [0.3, 0.4) is 0 Å². The molecule has 3 rings (SSSR count). The van der Waals surface area contributed by atoms with Gasteiger partial charge >= 0.3 is 0 Å². The molecule has 23 heavy (non-hydrogen) atoms. The summed E-state index contributed by atoms with van der Waals surface area (Å²) in [7, 11) is 0. The third-order valence-corrected chi connectivity index (χ3v) is 3.63. The highest BCUT2D eigenvalue weighted by Crippen LogP contribution is 2.22. The zero-order valence-corrected chi connectivity index (χ0v) is 13.1. The zero-order valence-electron chi connectivity index (χ0n) is 12.4. The molecular formula is C17H16ClN3O2. The van der Waals surface area contributed by atoms with E-state index in [1.165, 1.54) is 0 Å². The lowest BCUT2D eigenvalue weighted by Gasteiger charge is -2.21. The minimum Gasteiger partial charge on any atom is -0.419 e. The average Bonchev–Trinajstić information content (AvgIpc) is 3.04. The van der Waals surface area contributed by atoms with Crippen molar-refractivity contribution in [2.45, 2.75) is 6.54 Å². The molecule has 0 unspecified atom stereocenters. The molecule has 3 aromatic rings. The smallest absolute Gasteiger partial charge is 0.247 e. The summed E-state index contributed by atoms with van der Waals surface area (Å²) in [5.74, 6) is 0.945. The summed E-state index contributed by atoms with van der Waals surface area (Å²) < 4.78 is 5.72. The molecule has 1 aromatic heterocycles. The Labute approximate surface area is 139 Å². The van der Waals surface area contributed by atoms with E-state index in [-0.39, 0.29) is 6.61 Å². The Hall–Kier alpha value is -2.37. The van der Waals surface area contributed by atoms with Gasteiger partial charge in [-0.15, -0.1) is 10.2 Å². The van der Waals surface area contributed by atoms with E-state index >= 15 is 0 Å². The number of hydrogen-bond donors (Lipinski definition) is 1. The fourth-order valence-corrected chi connectivity index (χ4v) is 2.37. The van der Waals surface area contributed by atoms with Crippen molar-refractivity contribution in [3.8, 4) is 11.5 Å². The number of aliphatic hydroxyl groups is 1. The van der Waals surface area contributed by atoms with Crippen LogP contribution in [0.5, 0.6) is 0 Å². The Bertz CT molecular complexity index is 744. The van der Waals surface area contributed by atoms with Crippen LogP contribution in [0.1, 0.15) is 5.89 Å². The van der Waals surface area contributed by atoms with E-state index in [1.807, 2.05) is 47.4 Å². The second-order valence-corrected chi connectivity index (χ2v) is 5.42. The zero-order chi connectivity index (χ0) is 16.1. The van der Waals surface area contributed by atoms with E-state index in [1.54, 1.807) is 12.1 Å². The molecule has 0 amide bonds. The molecule has 2 aromatic carbocycles. The largest absolute Gasteiger partial charge is 0.419 e. The minimum absolute atomic E-state index is 0.0487. The van der Waals surface area contributed by atoms with Crippen molar-refractivity contribution in [1.29, 1.82) is 0 Å². The average molecular weight is 330 g/mol. The van der Waals surface area contributed by atoms with Crippen LogP contribution in [0.25, 0.3) is 11.5 Å². The highest BCUT2D eigenvalue weighted by Gasteiger charge is 2.13. The molecule has 118 valence electrons. The highest BCUT2D eigenvalue weighted by atomic mass is 35.5. The molecule has 0 atom stereocenters. The first kappa shape index (κ1) is 15.5. The van der Waals surface area contributed by atoms with Gasteiger partial charge in [-0.1, -0.05) is 29.8 Å². The third kappa shape index (κ3) is 3.88. The van der Waals surface area contributed by atoms with Gasteiger partial charge in [0.1, 0.15) is 0 Å². The Kier molecular flexibility index (Phi) is 4.90. The van der Waals surface area contributed by atoms with E-state index < -0.39 is 0 Å². The van der Waals surface area contributed by atoms with Gasteiger partial charge in [-0.2, -0.15) is 0 Å². The number of aromatic nitrogens is 2. The number of halogens is 1. The highest BCUT2D eigenvalue weighted by molar-refractivity contribution is 6.30. The molecule has 6 heteroatoms. The summed E-state index contributed by atoms with van der Waals surface area (Å²) >= 11 is 5.88. The van der Waals surface area contributed by atoms with Crippen LogP contribution in [-0.2, 0) is 6.54 Å². The molecule has 0 aliphatic carbocycles. The minimum atomic E-state index is 0.0487. The Morgan fingerprint density at radius 2 is 1.74 bits per heavy atom. The first-order valence-corrected chi connectivity index (χ1v) is 7.63. The molecule has 0 aliphatic heterocycles. The van der Waals surface area contributed by atoms with Crippen LogP contribution < -0.4 is 4.90 Å². The van der Waals surface area contributed by atoms with Crippen LogP contribution in [0, 0.1) is 0 Å². The maximum absolute atomic E-state index is 9.26. The van der Waals surface area contributed by atoms with E-state index in [4.69, 9.17) is 16.0 Å². The van der Waals surface area contributed by atoms with Gasteiger partial charge in [0.15, 0.2) is 0 Å². The molecule has 0 spiro atoms. The second-order valence-electron chi connectivity index (χ2n) is 4.99. The topological polar surface area (TPSA) is 62.4 Å².